The van der Waals surface area contributed by atoms with Crippen LogP contribution in [0.15, 0.2) is 54.6 Å². The molecule has 0 aromatic heterocycles. The van der Waals surface area contributed by atoms with E-state index in [1.54, 1.807) is 0 Å². The van der Waals surface area contributed by atoms with Crippen LogP contribution in [0.5, 0.6) is 0 Å². The van der Waals surface area contributed by atoms with Gasteiger partial charge in [0.1, 0.15) is 0 Å². The van der Waals surface area contributed by atoms with Gasteiger partial charge in [0.25, 0.3) is 5.91 Å². The fourth-order valence-electron chi connectivity index (χ4n) is 3.62. The fourth-order valence-corrected chi connectivity index (χ4v) is 3.62. The molecule has 0 N–H and O–H groups in total. The average molecular weight is 365 g/mol. The molecule has 0 aliphatic carbocycles. The molecular weight excluding hydrogens is 332 g/mol. The lowest BCUT2D eigenvalue weighted by Crippen LogP contribution is -2.48. The van der Waals surface area contributed by atoms with E-state index in [4.69, 9.17) is 0 Å². The Balaban J connectivity index is 1.45. The predicted molar refractivity (Wildman–Crippen MR) is 112 cm³/mol. The summed E-state index contributed by atoms with van der Waals surface area (Å²) in [5, 5.41) is 0. The van der Waals surface area contributed by atoms with Crippen molar-refractivity contribution in [1.29, 1.82) is 0 Å². The first-order valence-electron chi connectivity index (χ1n) is 10.1. The highest BCUT2D eigenvalue weighted by Crippen LogP contribution is 2.22. The second-order valence-electron chi connectivity index (χ2n) is 8.55. The molecule has 1 aliphatic rings. The third-order valence-electron chi connectivity index (χ3n) is 5.44. The summed E-state index contributed by atoms with van der Waals surface area (Å²) in [7, 11) is 0. The second-order valence-corrected chi connectivity index (χ2v) is 8.55. The molecular formula is C24H32N2O. The van der Waals surface area contributed by atoms with Crippen molar-refractivity contribution in [1.82, 2.24) is 9.80 Å². The number of piperazine rings is 1. The van der Waals surface area contributed by atoms with Gasteiger partial charge in [0.2, 0.25) is 0 Å². The van der Waals surface area contributed by atoms with E-state index in [2.05, 4.69) is 68.1 Å². The van der Waals surface area contributed by atoms with Crippen molar-refractivity contribution in [2.45, 2.75) is 39.0 Å². The Bertz CT molecular complexity index is 723. The zero-order valence-electron chi connectivity index (χ0n) is 16.9. The number of benzene rings is 2. The van der Waals surface area contributed by atoms with Gasteiger partial charge in [0.05, 0.1) is 0 Å². The molecule has 0 atom stereocenters. The Morgan fingerprint density at radius 2 is 1.52 bits per heavy atom. The van der Waals surface area contributed by atoms with Gasteiger partial charge in [0, 0.05) is 31.7 Å². The summed E-state index contributed by atoms with van der Waals surface area (Å²) in [4.78, 5) is 17.3. The van der Waals surface area contributed by atoms with Gasteiger partial charge in [-0.2, -0.15) is 0 Å². The number of carbonyl (C=O) groups is 1. The highest BCUT2D eigenvalue weighted by molar-refractivity contribution is 5.94. The van der Waals surface area contributed by atoms with Crippen molar-refractivity contribution in [3.05, 3.63) is 71.3 Å². The molecule has 1 saturated heterocycles. The minimum absolute atomic E-state index is 0.118. The van der Waals surface area contributed by atoms with Crippen molar-refractivity contribution >= 4 is 5.91 Å². The van der Waals surface area contributed by atoms with Crippen molar-refractivity contribution in [3.8, 4) is 0 Å². The molecule has 1 heterocycles. The molecule has 1 aliphatic heterocycles. The van der Waals surface area contributed by atoms with Gasteiger partial charge in [-0.05, 0) is 48.1 Å². The van der Waals surface area contributed by atoms with Crippen LogP contribution in [0.1, 0.15) is 48.7 Å². The van der Waals surface area contributed by atoms with Gasteiger partial charge in [0.15, 0.2) is 0 Å². The van der Waals surface area contributed by atoms with Crippen LogP contribution >= 0.6 is 0 Å². The molecule has 0 spiro atoms. The van der Waals surface area contributed by atoms with Gasteiger partial charge in [-0.25, -0.2) is 0 Å². The minimum Gasteiger partial charge on any atom is -0.336 e. The SMILES string of the molecule is CC(C)(C)c1ccc(C(=O)N2CCN(CCCc3ccccc3)CC2)cc1. The van der Waals surface area contributed by atoms with Crippen LogP contribution in [0.2, 0.25) is 0 Å². The number of carbonyl (C=O) groups excluding carboxylic acids is 1. The molecule has 0 unspecified atom stereocenters. The lowest BCUT2D eigenvalue weighted by Gasteiger charge is -2.35. The molecule has 0 bridgehead atoms. The molecule has 3 heteroatoms. The Labute approximate surface area is 164 Å². The first-order valence-corrected chi connectivity index (χ1v) is 10.1. The molecule has 1 amide bonds. The molecule has 2 aromatic carbocycles. The Hall–Kier alpha value is -2.13. The molecule has 3 rings (SSSR count). The largest absolute Gasteiger partial charge is 0.336 e. The standard InChI is InChI=1S/C24H32N2O/c1-24(2,3)22-13-11-21(12-14-22)23(27)26-18-16-25(17-19-26)15-7-10-20-8-5-4-6-9-20/h4-6,8-9,11-14H,7,10,15-19H2,1-3H3. The zero-order valence-corrected chi connectivity index (χ0v) is 16.9. The van der Waals surface area contributed by atoms with E-state index in [0.29, 0.717) is 0 Å². The highest BCUT2D eigenvalue weighted by Gasteiger charge is 2.22. The smallest absolute Gasteiger partial charge is 0.253 e. The Morgan fingerprint density at radius 1 is 0.889 bits per heavy atom. The van der Waals surface area contributed by atoms with E-state index >= 15 is 0 Å². The second kappa shape index (κ2) is 8.71. The summed E-state index contributed by atoms with van der Waals surface area (Å²) in [5.41, 5.74) is 3.60. The minimum atomic E-state index is 0.118. The van der Waals surface area contributed by atoms with E-state index in [-0.39, 0.29) is 11.3 Å². The van der Waals surface area contributed by atoms with Gasteiger partial charge in [-0.3, -0.25) is 9.69 Å². The van der Waals surface area contributed by atoms with Crippen LogP contribution in [-0.4, -0.2) is 48.4 Å². The van der Waals surface area contributed by atoms with Crippen molar-refractivity contribution in [3.63, 3.8) is 0 Å². The summed E-state index contributed by atoms with van der Waals surface area (Å²) >= 11 is 0. The number of hydrogen-bond donors (Lipinski definition) is 0. The van der Waals surface area contributed by atoms with Crippen LogP contribution < -0.4 is 0 Å². The Kier molecular flexibility index (Phi) is 6.33. The number of rotatable bonds is 5. The molecule has 1 fully saturated rings. The third-order valence-corrected chi connectivity index (χ3v) is 5.44. The summed E-state index contributed by atoms with van der Waals surface area (Å²) < 4.78 is 0. The Morgan fingerprint density at radius 3 is 2.11 bits per heavy atom. The lowest BCUT2D eigenvalue weighted by atomic mass is 9.86. The van der Waals surface area contributed by atoms with Crippen LogP contribution in [-0.2, 0) is 11.8 Å². The molecule has 27 heavy (non-hydrogen) atoms. The van der Waals surface area contributed by atoms with Crippen molar-refractivity contribution in [2.24, 2.45) is 0 Å². The molecule has 3 nitrogen and oxygen atoms in total. The zero-order chi connectivity index (χ0) is 19.3. The van der Waals surface area contributed by atoms with E-state index in [9.17, 15) is 4.79 Å². The third kappa shape index (κ3) is 5.43. The maximum absolute atomic E-state index is 12.8. The van der Waals surface area contributed by atoms with Gasteiger partial charge < -0.3 is 4.90 Å². The van der Waals surface area contributed by atoms with Crippen LogP contribution in [0, 0.1) is 0 Å². The monoisotopic (exact) mass is 364 g/mol. The van der Waals surface area contributed by atoms with Gasteiger partial charge >= 0.3 is 0 Å². The topological polar surface area (TPSA) is 23.6 Å². The predicted octanol–water partition coefficient (Wildman–Crippen LogP) is 4.37. The van der Waals surface area contributed by atoms with Crippen LogP contribution in [0.3, 0.4) is 0 Å². The summed E-state index contributed by atoms with van der Waals surface area (Å²) in [6, 6.07) is 18.8. The van der Waals surface area contributed by atoms with Gasteiger partial charge in [-0.1, -0.05) is 63.2 Å². The molecule has 0 radical (unpaired) electrons. The maximum atomic E-state index is 12.8. The van der Waals surface area contributed by atoms with Crippen LogP contribution in [0.4, 0.5) is 0 Å². The first-order chi connectivity index (χ1) is 12.9. The fraction of sp³-hybridized carbons (Fsp3) is 0.458. The summed E-state index contributed by atoms with van der Waals surface area (Å²) in [5.74, 6) is 0.166. The van der Waals surface area contributed by atoms with Crippen molar-refractivity contribution in [2.75, 3.05) is 32.7 Å². The van der Waals surface area contributed by atoms with Gasteiger partial charge in [-0.15, -0.1) is 0 Å². The number of aryl methyl sites for hydroxylation is 1. The lowest BCUT2D eigenvalue weighted by molar-refractivity contribution is 0.0636. The molecule has 0 saturated carbocycles. The van der Waals surface area contributed by atoms with E-state index in [0.717, 1.165) is 44.7 Å². The highest BCUT2D eigenvalue weighted by atomic mass is 16.2. The number of hydrogen-bond acceptors (Lipinski definition) is 2. The maximum Gasteiger partial charge on any atom is 0.253 e. The number of nitrogens with zero attached hydrogens (tertiary/aromatic N) is 2. The van der Waals surface area contributed by atoms with Crippen LogP contribution in [0.25, 0.3) is 0 Å². The van der Waals surface area contributed by atoms with E-state index in [1.807, 2.05) is 17.0 Å². The number of amides is 1. The first kappa shape index (κ1) is 19.6. The van der Waals surface area contributed by atoms with E-state index < -0.39 is 0 Å². The summed E-state index contributed by atoms with van der Waals surface area (Å²) in [6.45, 7) is 11.3. The quantitative estimate of drug-likeness (QED) is 0.786. The molecule has 2 aromatic rings. The average Bonchev–Trinajstić information content (AvgIpc) is 2.68. The molecule has 144 valence electrons. The summed E-state index contributed by atoms with van der Waals surface area (Å²) in [6.07, 6.45) is 2.30. The normalized spacial score (nSPS) is 15.7. The van der Waals surface area contributed by atoms with E-state index in [1.165, 1.54) is 17.5 Å². The van der Waals surface area contributed by atoms with Crippen molar-refractivity contribution < 1.29 is 4.79 Å².